The normalized spacial score (nSPS) is 33.9. The first kappa shape index (κ1) is 25.0. The summed E-state index contributed by atoms with van der Waals surface area (Å²) in [7, 11) is 1.50. The molecular formula is C25H32O8. The fraction of sp³-hybridized carbons (Fsp3) is 0.520. The minimum atomic E-state index is -1.08. The first-order chi connectivity index (χ1) is 15.6. The number of carbonyl (C=O) groups excluding carboxylic acids is 1. The summed E-state index contributed by atoms with van der Waals surface area (Å²) in [5.74, 6) is 0.435. The maximum atomic E-state index is 11.7. The summed E-state index contributed by atoms with van der Waals surface area (Å²) in [4.78, 5) is 23.3. The van der Waals surface area contributed by atoms with E-state index in [1.807, 2.05) is 13.8 Å². The molecule has 1 N–H and O–H groups in total. The van der Waals surface area contributed by atoms with E-state index in [1.54, 1.807) is 50.3 Å². The Hall–Kier alpha value is -2.68. The second-order valence-corrected chi connectivity index (χ2v) is 8.65. The second-order valence-electron chi connectivity index (χ2n) is 8.65. The average molecular weight is 461 g/mol. The predicted molar refractivity (Wildman–Crippen MR) is 122 cm³/mol. The quantitative estimate of drug-likeness (QED) is 0.489. The van der Waals surface area contributed by atoms with Gasteiger partial charge in [-0.05, 0) is 33.3 Å². The highest BCUT2D eigenvalue weighted by molar-refractivity contribution is 5.66. The predicted octanol–water partition coefficient (Wildman–Crippen LogP) is 3.10. The summed E-state index contributed by atoms with van der Waals surface area (Å²) in [5, 5.41) is 11.0. The highest BCUT2D eigenvalue weighted by Gasteiger charge is 2.69. The third-order valence-corrected chi connectivity index (χ3v) is 6.32. The average Bonchev–Trinajstić information content (AvgIpc) is 2.93. The lowest BCUT2D eigenvalue weighted by atomic mass is 9.77. The highest BCUT2D eigenvalue weighted by Crippen LogP contribution is 2.51. The number of aliphatic hydroxyl groups is 1. The Bertz CT molecular complexity index is 1020. The zero-order valence-electron chi connectivity index (χ0n) is 19.9. The van der Waals surface area contributed by atoms with Gasteiger partial charge in [-0.25, -0.2) is 4.79 Å². The maximum absolute atomic E-state index is 11.7. The van der Waals surface area contributed by atoms with Gasteiger partial charge in [0.15, 0.2) is 6.10 Å². The molecule has 180 valence electrons. The third-order valence-electron chi connectivity index (χ3n) is 6.32. The molecule has 0 spiro atoms. The van der Waals surface area contributed by atoms with Crippen LogP contribution in [-0.2, 0) is 19.0 Å². The lowest BCUT2D eigenvalue weighted by Gasteiger charge is -2.47. The Labute approximate surface area is 193 Å². The van der Waals surface area contributed by atoms with Crippen molar-refractivity contribution in [3.8, 4) is 5.75 Å². The standard InChI is InChI=1S/C25H32O8/c1-7-20-24(4)23(30-16(3)26)25(5,33-20)22(28)18(32-24)13-11-9-8-10-12-17-15(2)19(29-6)14-21(27)31-17/h8-14,18,20,22-23,28H,7H2,1-6H3/b9-8+,12-10+,13-11+/t18?,20-,22?,23?,24?,25?/m1/s1. The number of esters is 1. The van der Waals surface area contributed by atoms with Crippen LogP contribution < -0.4 is 10.4 Å². The number of methoxy groups -OCH3 is 1. The van der Waals surface area contributed by atoms with E-state index in [2.05, 4.69) is 0 Å². The van der Waals surface area contributed by atoms with E-state index < -0.39 is 41.1 Å². The molecule has 1 aromatic heterocycles. The maximum Gasteiger partial charge on any atom is 0.339 e. The number of hydrogen-bond acceptors (Lipinski definition) is 8. The molecule has 0 aliphatic carbocycles. The Balaban J connectivity index is 1.73. The molecule has 0 aromatic carbocycles. The first-order valence-corrected chi connectivity index (χ1v) is 11.0. The van der Waals surface area contributed by atoms with E-state index >= 15 is 0 Å². The van der Waals surface area contributed by atoms with Gasteiger partial charge in [0.25, 0.3) is 0 Å². The van der Waals surface area contributed by atoms with E-state index in [4.69, 9.17) is 23.4 Å². The molecule has 0 amide bonds. The smallest absolute Gasteiger partial charge is 0.339 e. The van der Waals surface area contributed by atoms with Crippen LogP contribution in [0.4, 0.5) is 0 Å². The minimum Gasteiger partial charge on any atom is -0.496 e. The van der Waals surface area contributed by atoms with Gasteiger partial charge < -0.3 is 28.5 Å². The molecule has 3 rings (SSSR count). The van der Waals surface area contributed by atoms with Crippen molar-refractivity contribution in [2.24, 2.45) is 0 Å². The van der Waals surface area contributed by atoms with Gasteiger partial charge in [0.1, 0.15) is 34.9 Å². The lowest BCUT2D eigenvalue weighted by molar-refractivity contribution is -0.235. The van der Waals surface area contributed by atoms with Crippen LogP contribution in [0, 0.1) is 6.92 Å². The second kappa shape index (κ2) is 9.67. The molecule has 33 heavy (non-hydrogen) atoms. The Morgan fingerprint density at radius 2 is 1.88 bits per heavy atom. The summed E-state index contributed by atoms with van der Waals surface area (Å²) in [6.07, 6.45) is 8.37. The number of ether oxygens (including phenoxy) is 4. The van der Waals surface area contributed by atoms with E-state index in [0.29, 0.717) is 17.9 Å². The van der Waals surface area contributed by atoms with E-state index in [0.717, 1.165) is 5.56 Å². The van der Waals surface area contributed by atoms with Gasteiger partial charge in [-0.1, -0.05) is 37.3 Å². The topological polar surface area (TPSA) is 104 Å². The summed E-state index contributed by atoms with van der Waals surface area (Å²) < 4.78 is 28.3. The van der Waals surface area contributed by atoms with Gasteiger partial charge in [-0.15, -0.1) is 0 Å². The molecule has 3 heterocycles. The zero-order valence-corrected chi connectivity index (χ0v) is 19.9. The van der Waals surface area contributed by atoms with Crippen molar-refractivity contribution in [3.63, 3.8) is 0 Å². The number of fused-ring (bicyclic) bond motifs is 2. The summed E-state index contributed by atoms with van der Waals surface area (Å²) >= 11 is 0. The van der Waals surface area contributed by atoms with Gasteiger partial charge in [0.2, 0.25) is 0 Å². The van der Waals surface area contributed by atoms with Gasteiger partial charge in [0, 0.05) is 12.5 Å². The molecule has 2 fully saturated rings. The monoisotopic (exact) mass is 460 g/mol. The molecule has 2 aliphatic heterocycles. The third kappa shape index (κ3) is 4.69. The number of carbonyl (C=O) groups is 1. The summed E-state index contributed by atoms with van der Waals surface area (Å²) in [5.41, 5.74) is -1.73. The van der Waals surface area contributed by atoms with Gasteiger partial charge in [-0.2, -0.15) is 0 Å². The van der Waals surface area contributed by atoms with Crippen molar-refractivity contribution in [2.75, 3.05) is 7.11 Å². The molecule has 2 saturated heterocycles. The zero-order chi connectivity index (χ0) is 24.4. The highest BCUT2D eigenvalue weighted by atomic mass is 16.7. The molecule has 2 bridgehead atoms. The van der Waals surface area contributed by atoms with Crippen LogP contribution in [-0.4, -0.2) is 53.8 Å². The molecule has 6 atom stereocenters. The van der Waals surface area contributed by atoms with Crippen LogP contribution in [0.15, 0.2) is 45.7 Å². The molecule has 0 radical (unpaired) electrons. The van der Waals surface area contributed by atoms with Crippen molar-refractivity contribution in [1.29, 1.82) is 0 Å². The van der Waals surface area contributed by atoms with Gasteiger partial charge >= 0.3 is 11.6 Å². The molecule has 1 aromatic rings. The van der Waals surface area contributed by atoms with E-state index in [9.17, 15) is 14.7 Å². The molecule has 8 nitrogen and oxygen atoms in total. The fourth-order valence-electron chi connectivity index (χ4n) is 4.67. The number of allylic oxidation sites excluding steroid dienone is 4. The Morgan fingerprint density at radius 3 is 2.52 bits per heavy atom. The van der Waals surface area contributed by atoms with Crippen LogP contribution in [0.5, 0.6) is 5.75 Å². The first-order valence-electron chi connectivity index (χ1n) is 11.0. The number of hydrogen-bond donors (Lipinski definition) is 1. The molecule has 2 aliphatic rings. The van der Waals surface area contributed by atoms with Crippen LogP contribution in [0.2, 0.25) is 0 Å². The van der Waals surface area contributed by atoms with Gasteiger partial charge in [-0.3, -0.25) is 4.79 Å². The number of rotatable bonds is 7. The SMILES string of the molecule is CC[C@H]1OC2(C)C(O)C(/C=C/C=C/C=C/c3oc(=O)cc(OC)c3C)OC1(C)C2OC(C)=O. The fourth-order valence-corrected chi connectivity index (χ4v) is 4.67. The van der Waals surface area contributed by atoms with E-state index in [1.165, 1.54) is 20.1 Å². The molecular weight excluding hydrogens is 428 g/mol. The van der Waals surface area contributed by atoms with Crippen molar-refractivity contribution in [1.82, 2.24) is 0 Å². The summed E-state index contributed by atoms with van der Waals surface area (Å²) in [6.45, 7) is 8.71. The van der Waals surface area contributed by atoms with Crippen LogP contribution in [0.25, 0.3) is 6.08 Å². The van der Waals surface area contributed by atoms with Crippen molar-refractivity contribution in [3.05, 3.63) is 58.2 Å². The molecule has 8 heteroatoms. The van der Waals surface area contributed by atoms with Crippen LogP contribution in [0.1, 0.15) is 45.4 Å². The largest absolute Gasteiger partial charge is 0.496 e. The Morgan fingerprint density at radius 1 is 1.18 bits per heavy atom. The van der Waals surface area contributed by atoms with Crippen molar-refractivity contribution in [2.45, 2.75) is 76.7 Å². The molecule has 5 unspecified atom stereocenters. The van der Waals surface area contributed by atoms with Crippen molar-refractivity contribution >= 4 is 12.0 Å². The van der Waals surface area contributed by atoms with E-state index in [-0.39, 0.29) is 6.10 Å². The lowest BCUT2D eigenvalue weighted by Crippen LogP contribution is -2.65. The molecule has 0 saturated carbocycles. The van der Waals surface area contributed by atoms with Gasteiger partial charge in [0.05, 0.1) is 19.3 Å². The Kier molecular flexibility index (Phi) is 7.31. The van der Waals surface area contributed by atoms with Crippen LogP contribution >= 0.6 is 0 Å². The van der Waals surface area contributed by atoms with Crippen LogP contribution in [0.3, 0.4) is 0 Å². The number of aliphatic hydroxyl groups excluding tert-OH is 1. The summed E-state index contributed by atoms with van der Waals surface area (Å²) in [6, 6.07) is 1.30. The van der Waals surface area contributed by atoms with Crippen molar-refractivity contribution < 1.29 is 33.3 Å². The minimum absolute atomic E-state index is 0.320.